The van der Waals surface area contributed by atoms with Gasteiger partial charge in [0.2, 0.25) is 5.91 Å². The molecule has 0 aliphatic carbocycles. The Morgan fingerprint density at radius 2 is 1.95 bits per heavy atom. The lowest BCUT2D eigenvalue weighted by molar-refractivity contribution is -0.122. The minimum absolute atomic E-state index is 0.0561. The summed E-state index contributed by atoms with van der Waals surface area (Å²) in [5.74, 6) is -0.769. The lowest BCUT2D eigenvalue weighted by Gasteiger charge is -2.17. The maximum Gasteiger partial charge on any atom is 0.237 e. The number of rotatable bonds is 6. The lowest BCUT2D eigenvalue weighted by Crippen LogP contribution is -2.45. The molecule has 0 fully saturated rings. The number of aliphatic hydroxyl groups is 1. The van der Waals surface area contributed by atoms with E-state index in [1.54, 1.807) is 6.07 Å². The van der Waals surface area contributed by atoms with E-state index in [4.69, 9.17) is 5.73 Å². The maximum atomic E-state index is 11.8. The number of benzene rings is 1. The summed E-state index contributed by atoms with van der Waals surface area (Å²) in [6, 6.07) is 3.52. The highest BCUT2D eigenvalue weighted by Crippen LogP contribution is 2.25. The largest absolute Gasteiger partial charge is 0.504 e. The van der Waals surface area contributed by atoms with Gasteiger partial charge in [-0.25, -0.2) is 0 Å². The van der Waals surface area contributed by atoms with Gasteiger partial charge in [0, 0.05) is 6.54 Å². The number of aromatic hydroxyl groups is 2. The van der Waals surface area contributed by atoms with Crippen molar-refractivity contribution in [2.75, 3.05) is 6.54 Å². The van der Waals surface area contributed by atoms with Crippen LogP contribution in [-0.4, -0.2) is 39.9 Å². The van der Waals surface area contributed by atoms with Gasteiger partial charge in [0.05, 0.1) is 12.1 Å². The van der Waals surface area contributed by atoms with Crippen LogP contribution in [0.1, 0.15) is 19.4 Å². The molecule has 6 N–H and O–H groups in total. The monoisotopic (exact) mass is 282 g/mol. The summed E-state index contributed by atoms with van der Waals surface area (Å²) in [7, 11) is 0. The molecule has 0 bridgehead atoms. The molecule has 20 heavy (non-hydrogen) atoms. The number of amides is 1. The summed E-state index contributed by atoms with van der Waals surface area (Å²) < 4.78 is 0. The van der Waals surface area contributed by atoms with Crippen LogP contribution in [0.15, 0.2) is 18.2 Å². The predicted octanol–water partition coefficient (Wildman–Crippen LogP) is 0.101. The first-order valence-corrected chi connectivity index (χ1v) is 6.53. The Bertz CT molecular complexity index is 462. The van der Waals surface area contributed by atoms with Crippen LogP contribution >= 0.6 is 0 Å². The van der Waals surface area contributed by atoms with E-state index in [1.165, 1.54) is 12.1 Å². The summed E-state index contributed by atoms with van der Waals surface area (Å²) in [6.07, 6.45) is -0.374. The van der Waals surface area contributed by atoms with Crippen LogP contribution in [-0.2, 0) is 11.2 Å². The Morgan fingerprint density at radius 3 is 2.50 bits per heavy atom. The van der Waals surface area contributed by atoms with E-state index in [0.29, 0.717) is 5.56 Å². The average Bonchev–Trinajstić information content (AvgIpc) is 2.39. The molecule has 112 valence electrons. The fourth-order valence-electron chi connectivity index (χ4n) is 1.61. The highest BCUT2D eigenvalue weighted by atomic mass is 16.3. The molecule has 2 atom stereocenters. The first-order chi connectivity index (χ1) is 9.31. The van der Waals surface area contributed by atoms with Crippen molar-refractivity contribution < 1.29 is 20.1 Å². The van der Waals surface area contributed by atoms with Gasteiger partial charge in [0.25, 0.3) is 0 Å². The molecule has 1 aromatic carbocycles. The second kappa shape index (κ2) is 7.12. The van der Waals surface area contributed by atoms with Crippen LogP contribution in [0.4, 0.5) is 0 Å². The maximum absolute atomic E-state index is 11.8. The molecule has 1 amide bonds. The van der Waals surface area contributed by atoms with Crippen molar-refractivity contribution in [3.05, 3.63) is 23.8 Å². The SMILES string of the molecule is CC(C)C(O)CNC(=O)[C@@H](N)Cc1ccc(O)c(O)c1. The van der Waals surface area contributed by atoms with Gasteiger partial charge in [0.15, 0.2) is 11.5 Å². The van der Waals surface area contributed by atoms with Crippen LogP contribution in [0.3, 0.4) is 0 Å². The van der Waals surface area contributed by atoms with Crippen molar-refractivity contribution in [1.29, 1.82) is 0 Å². The number of aliphatic hydroxyl groups excluding tert-OH is 1. The Labute approximate surface area is 118 Å². The van der Waals surface area contributed by atoms with Gasteiger partial charge in [-0.1, -0.05) is 19.9 Å². The third-order valence-corrected chi connectivity index (χ3v) is 3.09. The highest BCUT2D eigenvalue weighted by molar-refractivity contribution is 5.81. The molecule has 6 nitrogen and oxygen atoms in total. The van der Waals surface area contributed by atoms with Crippen LogP contribution in [0.25, 0.3) is 0 Å². The van der Waals surface area contributed by atoms with E-state index in [1.807, 2.05) is 13.8 Å². The van der Waals surface area contributed by atoms with Crippen molar-refractivity contribution in [3.63, 3.8) is 0 Å². The predicted molar refractivity (Wildman–Crippen MR) is 75.3 cm³/mol. The summed E-state index contributed by atoms with van der Waals surface area (Å²) in [4.78, 5) is 11.8. The number of nitrogens with one attached hydrogen (secondary N) is 1. The number of phenols is 2. The molecular weight excluding hydrogens is 260 g/mol. The van der Waals surface area contributed by atoms with Crippen molar-refractivity contribution >= 4 is 5.91 Å². The highest BCUT2D eigenvalue weighted by Gasteiger charge is 2.17. The van der Waals surface area contributed by atoms with Gasteiger partial charge >= 0.3 is 0 Å². The van der Waals surface area contributed by atoms with Crippen molar-refractivity contribution in [3.8, 4) is 11.5 Å². The van der Waals surface area contributed by atoms with Gasteiger partial charge in [-0.3, -0.25) is 4.79 Å². The number of carbonyl (C=O) groups is 1. The van der Waals surface area contributed by atoms with Crippen molar-refractivity contribution in [2.24, 2.45) is 11.7 Å². The third kappa shape index (κ3) is 4.71. The van der Waals surface area contributed by atoms with Gasteiger partial charge in [-0.15, -0.1) is 0 Å². The normalized spacial score (nSPS) is 14.1. The van der Waals surface area contributed by atoms with Crippen LogP contribution in [0, 0.1) is 5.92 Å². The van der Waals surface area contributed by atoms with E-state index >= 15 is 0 Å². The number of hydrogen-bond donors (Lipinski definition) is 5. The number of carbonyl (C=O) groups excluding carboxylic acids is 1. The third-order valence-electron chi connectivity index (χ3n) is 3.09. The van der Waals surface area contributed by atoms with E-state index in [9.17, 15) is 20.1 Å². The molecular formula is C14H22N2O4. The molecule has 1 unspecified atom stereocenters. The molecule has 0 aromatic heterocycles. The standard InChI is InChI=1S/C14H22N2O4/c1-8(2)13(19)7-16-14(20)10(15)5-9-3-4-11(17)12(18)6-9/h3-4,6,8,10,13,17-19H,5,7,15H2,1-2H3,(H,16,20)/t10-,13?/m0/s1. The molecule has 0 aliphatic heterocycles. The van der Waals surface area contributed by atoms with E-state index in [2.05, 4.69) is 5.32 Å². The summed E-state index contributed by atoms with van der Waals surface area (Å²) in [5.41, 5.74) is 6.41. The van der Waals surface area contributed by atoms with Gasteiger partial charge in [0.1, 0.15) is 0 Å². The van der Waals surface area contributed by atoms with Crippen LogP contribution in [0.5, 0.6) is 11.5 Å². The molecule has 0 radical (unpaired) electrons. The first-order valence-electron chi connectivity index (χ1n) is 6.53. The Morgan fingerprint density at radius 1 is 1.30 bits per heavy atom. The molecule has 0 spiro atoms. The zero-order valence-electron chi connectivity index (χ0n) is 11.7. The first kappa shape index (κ1) is 16.3. The lowest BCUT2D eigenvalue weighted by atomic mass is 10.0. The number of phenolic OH excluding ortho intramolecular Hbond substituents is 2. The van der Waals surface area contributed by atoms with Crippen molar-refractivity contribution in [1.82, 2.24) is 5.32 Å². The zero-order chi connectivity index (χ0) is 15.3. The summed E-state index contributed by atoms with van der Waals surface area (Å²) in [6.45, 7) is 3.87. The minimum Gasteiger partial charge on any atom is -0.504 e. The van der Waals surface area contributed by atoms with E-state index < -0.39 is 12.1 Å². The van der Waals surface area contributed by atoms with Gasteiger partial charge in [-0.05, 0) is 30.0 Å². The fourth-order valence-corrected chi connectivity index (χ4v) is 1.61. The molecule has 1 aromatic rings. The topological polar surface area (TPSA) is 116 Å². The fraction of sp³-hybridized carbons (Fsp3) is 0.500. The van der Waals surface area contributed by atoms with Crippen molar-refractivity contribution in [2.45, 2.75) is 32.4 Å². The van der Waals surface area contributed by atoms with E-state index in [0.717, 1.165) is 0 Å². The summed E-state index contributed by atoms with van der Waals surface area (Å²) >= 11 is 0. The Hall–Kier alpha value is -1.79. The van der Waals surface area contributed by atoms with Crippen LogP contribution < -0.4 is 11.1 Å². The molecule has 0 heterocycles. The minimum atomic E-state index is -0.779. The molecule has 0 aliphatic rings. The number of hydrogen-bond acceptors (Lipinski definition) is 5. The van der Waals surface area contributed by atoms with Crippen LogP contribution in [0.2, 0.25) is 0 Å². The van der Waals surface area contributed by atoms with Gasteiger partial charge in [-0.2, -0.15) is 0 Å². The molecule has 0 saturated carbocycles. The molecule has 6 heteroatoms. The second-order valence-electron chi connectivity index (χ2n) is 5.19. The quantitative estimate of drug-likeness (QED) is 0.475. The smallest absolute Gasteiger partial charge is 0.237 e. The number of nitrogens with two attached hydrogens (primary N) is 1. The average molecular weight is 282 g/mol. The molecule has 1 rings (SSSR count). The Kier molecular flexibility index (Phi) is 5.79. The second-order valence-corrected chi connectivity index (χ2v) is 5.19. The zero-order valence-corrected chi connectivity index (χ0v) is 11.7. The van der Waals surface area contributed by atoms with E-state index in [-0.39, 0.29) is 36.3 Å². The Balaban J connectivity index is 2.51. The summed E-state index contributed by atoms with van der Waals surface area (Å²) in [5, 5.41) is 30.7. The molecule has 0 saturated heterocycles. The van der Waals surface area contributed by atoms with Gasteiger partial charge < -0.3 is 26.4 Å².